The van der Waals surface area contributed by atoms with Gasteiger partial charge in [0.15, 0.2) is 0 Å². The average Bonchev–Trinajstić information content (AvgIpc) is 2.68. The number of nitrogens with zero attached hydrogens (tertiary/aromatic N) is 2. The highest BCUT2D eigenvalue weighted by molar-refractivity contribution is 5.96. The quantitative estimate of drug-likeness (QED) is 0.819. The van der Waals surface area contributed by atoms with E-state index < -0.39 is 11.9 Å². The van der Waals surface area contributed by atoms with Gasteiger partial charge in [-0.05, 0) is 26.7 Å². The fourth-order valence-electron chi connectivity index (χ4n) is 2.39. The molecular formula is C12H17N3O3. The molecule has 98 valence electrons. The van der Waals surface area contributed by atoms with Gasteiger partial charge in [-0.3, -0.25) is 14.7 Å². The number of aromatic amines is 1. The van der Waals surface area contributed by atoms with Crippen LogP contribution >= 0.6 is 0 Å². The van der Waals surface area contributed by atoms with Crippen molar-refractivity contribution in [3.8, 4) is 0 Å². The van der Waals surface area contributed by atoms with Crippen LogP contribution in [0.3, 0.4) is 0 Å². The van der Waals surface area contributed by atoms with Crippen LogP contribution in [-0.4, -0.2) is 45.2 Å². The van der Waals surface area contributed by atoms with Crippen LogP contribution < -0.4 is 0 Å². The minimum absolute atomic E-state index is 0.121. The van der Waals surface area contributed by atoms with Crippen LogP contribution in [0.15, 0.2) is 0 Å². The summed E-state index contributed by atoms with van der Waals surface area (Å²) in [6.45, 7) is 4.48. The number of aliphatic carboxylic acids is 1. The predicted molar refractivity (Wildman–Crippen MR) is 64.3 cm³/mol. The topological polar surface area (TPSA) is 86.3 Å². The van der Waals surface area contributed by atoms with E-state index in [4.69, 9.17) is 5.11 Å². The molecule has 0 aliphatic carbocycles. The number of H-pyrrole nitrogens is 1. The predicted octanol–water partition coefficient (Wildman–Crippen LogP) is 0.963. The molecule has 0 saturated carbocycles. The Balaban J connectivity index is 2.17. The molecule has 1 saturated heterocycles. The van der Waals surface area contributed by atoms with Crippen LogP contribution in [0.4, 0.5) is 0 Å². The van der Waals surface area contributed by atoms with E-state index >= 15 is 0 Å². The molecule has 6 nitrogen and oxygen atoms in total. The largest absolute Gasteiger partial charge is 0.481 e. The summed E-state index contributed by atoms with van der Waals surface area (Å²) in [5, 5.41) is 15.8. The van der Waals surface area contributed by atoms with Gasteiger partial charge in [-0.15, -0.1) is 0 Å². The number of amides is 1. The van der Waals surface area contributed by atoms with E-state index in [-0.39, 0.29) is 12.5 Å². The molecule has 1 fully saturated rings. The van der Waals surface area contributed by atoms with Gasteiger partial charge in [0.2, 0.25) is 0 Å². The van der Waals surface area contributed by atoms with Crippen molar-refractivity contribution < 1.29 is 14.7 Å². The molecule has 0 spiro atoms. The number of hydrogen-bond acceptors (Lipinski definition) is 3. The van der Waals surface area contributed by atoms with Gasteiger partial charge in [0.1, 0.15) is 0 Å². The Hall–Kier alpha value is -1.85. The number of hydrogen-bond donors (Lipinski definition) is 2. The molecule has 2 rings (SSSR count). The first-order chi connectivity index (χ1) is 8.50. The van der Waals surface area contributed by atoms with E-state index in [1.54, 1.807) is 18.7 Å². The minimum Gasteiger partial charge on any atom is -0.481 e. The van der Waals surface area contributed by atoms with E-state index in [1.165, 1.54) is 0 Å². The molecule has 1 aliphatic rings. The Morgan fingerprint density at radius 3 is 2.72 bits per heavy atom. The lowest BCUT2D eigenvalue weighted by atomic mass is 9.97. The number of likely N-dealkylation sites (tertiary alicyclic amines) is 1. The van der Waals surface area contributed by atoms with E-state index in [0.29, 0.717) is 24.2 Å². The van der Waals surface area contributed by atoms with E-state index in [2.05, 4.69) is 10.2 Å². The van der Waals surface area contributed by atoms with E-state index in [1.807, 2.05) is 0 Å². The highest BCUT2D eigenvalue weighted by Gasteiger charge is 2.30. The van der Waals surface area contributed by atoms with Crippen LogP contribution in [0.2, 0.25) is 0 Å². The Morgan fingerprint density at radius 1 is 1.44 bits per heavy atom. The summed E-state index contributed by atoms with van der Waals surface area (Å²) in [6, 6.07) is 0. The number of aromatic nitrogens is 2. The number of aryl methyl sites for hydroxylation is 2. The molecule has 2 N–H and O–H groups in total. The lowest BCUT2D eigenvalue weighted by Gasteiger charge is -2.30. The third-order valence-electron chi connectivity index (χ3n) is 3.40. The SMILES string of the molecule is Cc1n[nH]c(C)c1C(=O)N1CCCC(C(=O)O)C1. The molecule has 1 aliphatic heterocycles. The average molecular weight is 251 g/mol. The first-order valence-electron chi connectivity index (χ1n) is 6.04. The van der Waals surface area contributed by atoms with Crippen molar-refractivity contribution in [2.75, 3.05) is 13.1 Å². The molecule has 6 heteroatoms. The van der Waals surface area contributed by atoms with Gasteiger partial charge >= 0.3 is 5.97 Å². The Labute approximate surface area is 105 Å². The van der Waals surface area contributed by atoms with Crippen LogP contribution in [0.5, 0.6) is 0 Å². The fraction of sp³-hybridized carbons (Fsp3) is 0.583. The highest BCUT2D eigenvalue weighted by atomic mass is 16.4. The second kappa shape index (κ2) is 4.80. The van der Waals surface area contributed by atoms with Crippen molar-refractivity contribution >= 4 is 11.9 Å². The lowest BCUT2D eigenvalue weighted by Crippen LogP contribution is -2.42. The maximum Gasteiger partial charge on any atom is 0.308 e. The van der Waals surface area contributed by atoms with Gasteiger partial charge in [-0.25, -0.2) is 0 Å². The van der Waals surface area contributed by atoms with Crippen molar-refractivity contribution in [2.24, 2.45) is 5.92 Å². The Bertz CT molecular complexity index is 461. The third-order valence-corrected chi connectivity index (χ3v) is 3.40. The molecule has 1 aromatic heterocycles. The smallest absolute Gasteiger partial charge is 0.308 e. The summed E-state index contributed by atoms with van der Waals surface area (Å²) in [5.41, 5.74) is 1.96. The van der Waals surface area contributed by atoms with Crippen molar-refractivity contribution in [3.63, 3.8) is 0 Å². The molecule has 1 atom stereocenters. The number of piperidine rings is 1. The zero-order valence-corrected chi connectivity index (χ0v) is 10.6. The summed E-state index contributed by atoms with van der Waals surface area (Å²) in [5.74, 6) is -1.40. The molecule has 1 aromatic rings. The summed E-state index contributed by atoms with van der Waals surface area (Å²) in [4.78, 5) is 24.9. The maximum absolute atomic E-state index is 12.3. The van der Waals surface area contributed by atoms with Gasteiger partial charge < -0.3 is 10.0 Å². The molecule has 1 amide bonds. The lowest BCUT2D eigenvalue weighted by molar-refractivity contribution is -0.143. The highest BCUT2D eigenvalue weighted by Crippen LogP contribution is 2.20. The van der Waals surface area contributed by atoms with Gasteiger partial charge in [-0.1, -0.05) is 0 Å². The number of nitrogens with one attached hydrogen (secondary N) is 1. The summed E-state index contributed by atoms with van der Waals surface area (Å²) in [6.07, 6.45) is 1.38. The molecule has 0 radical (unpaired) electrons. The zero-order chi connectivity index (χ0) is 13.3. The normalized spacial score (nSPS) is 19.9. The van der Waals surface area contributed by atoms with Crippen LogP contribution in [0, 0.1) is 19.8 Å². The third kappa shape index (κ3) is 2.23. The Morgan fingerprint density at radius 2 is 2.17 bits per heavy atom. The number of carboxylic acid groups (broad SMARTS) is 1. The minimum atomic E-state index is -0.826. The number of rotatable bonds is 2. The summed E-state index contributed by atoms with van der Waals surface area (Å²) < 4.78 is 0. The van der Waals surface area contributed by atoms with Crippen LogP contribution in [0.1, 0.15) is 34.6 Å². The van der Waals surface area contributed by atoms with Crippen LogP contribution in [0.25, 0.3) is 0 Å². The summed E-state index contributed by atoms with van der Waals surface area (Å²) >= 11 is 0. The molecule has 0 bridgehead atoms. The van der Waals surface area contributed by atoms with Crippen molar-refractivity contribution in [1.82, 2.24) is 15.1 Å². The summed E-state index contributed by atoms with van der Waals surface area (Å²) in [7, 11) is 0. The second-order valence-corrected chi connectivity index (χ2v) is 4.74. The first kappa shape index (κ1) is 12.6. The monoisotopic (exact) mass is 251 g/mol. The molecular weight excluding hydrogens is 234 g/mol. The zero-order valence-electron chi connectivity index (χ0n) is 10.6. The van der Waals surface area contributed by atoms with Crippen molar-refractivity contribution in [2.45, 2.75) is 26.7 Å². The molecule has 18 heavy (non-hydrogen) atoms. The second-order valence-electron chi connectivity index (χ2n) is 4.74. The Kier molecular flexibility index (Phi) is 3.36. The standard InChI is InChI=1S/C12H17N3O3/c1-7-10(8(2)14-13-7)11(16)15-5-3-4-9(6-15)12(17)18/h9H,3-6H2,1-2H3,(H,13,14)(H,17,18). The van der Waals surface area contributed by atoms with E-state index in [9.17, 15) is 9.59 Å². The molecule has 2 heterocycles. The van der Waals surface area contributed by atoms with Gasteiger partial charge in [0.05, 0.1) is 17.2 Å². The molecule has 1 unspecified atom stereocenters. The fourth-order valence-corrected chi connectivity index (χ4v) is 2.39. The number of carbonyl (C=O) groups excluding carboxylic acids is 1. The number of carboxylic acids is 1. The van der Waals surface area contributed by atoms with Gasteiger partial charge in [0, 0.05) is 18.8 Å². The first-order valence-corrected chi connectivity index (χ1v) is 6.04. The molecule has 0 aromatic carbocycles. The van der Waals surface area contributed by atoms with Crippen molar-refractivity contribution in [3.05, 3.63) is 17.0 Å². The maximum atomic E-state index is 12.3. The van der Waals surface area contributed by atoms with Gasteiger partial charge in [0.25, 0.3) is 5.91 Å². The van der Waals surface area contributed by atoms with Crippen LogP contribution in [-0.2, 0) is 4.79 Å². The van der Waals surface area contributed by atoms with E-state index in [0.717, 1.165) is 12.1 Å². The van der Waals surface area contributed by atoms with Crippen molar-refractivity contribution in [1.29, 1.82) is 0 Å². The van der Waals surface area contributed by atoms with Gasteiger partial charge in [-0.2, -0.15) is 5.10 Å². The number of carbonyl (C=O) groups is 2.